The van der Waals surface area contributed by atoms with Crippen LogP contribution in [-0.2, 0) is 4.79 Å². The normalized spacial score (nSPS) is 14.0. The van der Waals surface area contributed by atoms with Crippen LogP contribution in [0.5, 0.6) is 0 Å². The standard InChI is InChI=1S/C16H12FNO2S/c1-8(2)13-14-11(15(19)18-16(13)20)7-12(21-14)9-4-3-5-10(17)6-9/h3-7H,1-2H3,(H,18,19,20). The molecule has 5 heteroatoms. The zero-order valence-electron chi connectivity index (χ0n) is 11.5. The van der Waals surface area contributed by atoms with Crippen LogP contribution in [0.3, 0.4) is 0 Å². The molecule has 0 unspecified atom stereocenters. The van der Waals surface area contributed by atoms with Crippen LogP contribution >= 0.6 is 11.3 Å². The van der Waals surface area contributed by atoms with E-state index in [4.69, 9.17) is 0 Å². The minimum absolute atomic E-state index is 0.332. The molecule has 21 heavy (non-hydrogen) atoms. The summed E-state index contributed by atoms with van der Waals surface area (Å²) in [7, 11) is 0. The highest BCUT2D eigenvalue weighted by Crippen LogP contribution is 2.38. The molecule has 106 valence electrons. The molecule has 1 N–H and O–H groups in total. The van der Waals surface area contributed by atoms with Gasteiger partial charge >= 0.3 is 0 Å². The van der Waals surface area contributed by atoms with E-state index in [1.807, 2.05) is 13.8 Å². The van der Waals surface area contributed by atoms with Gasteiger partial charge in [0.2, 0.25) is 0 Å². The highest BCUT2D eigenvalue weighted by molar-refractivity contribution is 7.17. The Kier molecular flexibility index (Phi) is 3.22. The maximum Gasteiger partial charge on any atom is 0.259 e. The van der Waals surface area contributed by atoms with Gasteiger partial charge in [-0.05, 0) is 37.6 Å². The average Bonchev–Trinajstić information content (AvgIpc) is 2.83. The summed E-state index contributed by atoms with van der Waals surface area (Å²) >= 11 is 1.33. The van der Waals surface area contributed by atoms with Crippen LogP contribution in [0.1, 0.15) is 29.1 Å². The summed E-state index contributed by atoms with van der Waals surface area (Å²) in [5, 5.41) is 2.34. The summed E-state index contributed by atoms with van der Waals surface area (Å²) in [6, 6.07) is 7.90. The maximum absolute atomic E-state index is 13.3. The molecule has 1 aliphatic rings. The summed E-state index contributed by atoms with van der Waals surface area (Å²) in [6.07, 6.45) is 0. The summed E-state index contributed by atoms with van der Waals surface area (Å²) < 4.78 is 13.3. The van der Waals surface area contributed by atoms with E-state index in [2.05, 4.69) is 5.32 Å². The molecular formula is C16H12FNO2S. The van der Waals surface area contributed by atoms with Gasteiger partial charge in [0.25, 0.3) is 11.8 Å². The van der Waals surface area contributed by atoms with Crippen LogP contribution < -0.4 is 5.32 Å². The average molecular weight is 301 g/mol. The van der Waals surface area contributed by atoms with Crippen molar-refractivity contribution in [3.63, 3.8) is 0 Å². The first-order chi connectivity index (χ1) is 9.97. The molecule has 2 amide bonds. The molecule has 2 heterocycles. The molecule has 1 aliphatic heterocycles. The highest BCUT2D eigenvalue weighted by atomic mass is 32.1. The number of carbonyl (C=O) groups excluding carboxylic acids is 2. The number of fused-ring (bicyclic) bond motifs is 1. The van der Waals surface area contributed by atoms with Gasteiger partial charge in [-0.1, -0.05) is 17.7 Å². The van der Waals surface area contributed by atoms with Crippen molar-refractivity contribution in [3.05, 3.63) is 52.2 Å². The Balaban J connectivity index is 2.20. The number of thiophene rings is 1. The van der Waals surface area contributed by atoms with Crippen LogP contribution in [0.4, 0.5) is 4.39 Å². The van der Waals surface area contributed by atoms with Gasteiger partial charge in [0.05, 0.1) is 16.0 Å². The fourth-order valence-electron chi connectivity index (χ4n) is 2.32. The van der Waals surface area contributed by atoms with Gasteiger partial charge in [0, 0.05) is 4.88 Å². The predicted molar refractivity (Wildman–Crippen MR) is 80.5 cm³/mol. The third-order valence-corrected chi connectivity index (χ3v) is 4.47. The quantitative estimate of drug-likeness (QED) is 0.646. The van der Waals surface area contributed by atoms with Gasteiger partial charge in [-0.3, -0.25) is 14.9 Å². The molecule has 0 spiro atoms. The molecule has 0 bridgehead atoms. The molecule has 0 radical (unpaired) electrons. The number of carbonyl (C=O) groups is 2. The lowest BCUT2D eigenvalue weighted by Gasteiger charge is -2.15. The van der Waals surface area contributed by atoms with Crippen molar-refractivity contribution in [1.29, 1.82) is 0 Å². The molecule has 0 saturated heterocycles. The number of hydrogen-bond acceptors (Lipinski definition) is 3. The Morgan fingerprint density at radius 1 is 1.14 bits per heavy atom. The zero-order valence-corrected chi connectivity index (χ0v) is 12.3. The lowest BCUT2D eigenvalue weighted by molar-refractivity contribution is -0.114. The highest BCUT2D eigenvalue weighted by Gasteiger charge is 2.30. The van der Waals surface area contributed by atoms with E-state index in [0.29, 0.717) is 21.6 Å². The molecule has 3 nitrogen and oxygen atoms in total. The molecule has 1 aromatic heterocycles. The number of imide groups is 1. The van der Waals surface area contributed by atoms with Gasteiger partial charge < -0.3 is 0 Å². The van der Waals surface area contributed by atoms with Crippen LogP contribution in [-0.4, -0.2) is 11.8 Å². The van der Waals surface area contributed by atoms with E-state index in [0.717, 1.165) is 10.5 Å². The lowest BCUT2D eigenvalue weighted by Crippen LogP contribution is -2.35. The number of amides is 2. The van der Waals surface area contributed by atoms with Crippen LogP contribution in [0, 0.1) is 5.82 Å². The van der Waals surface area contributed by atoms with Gasteiger partial charge in [-0.15, -0.1) is 11.3 Å². The van der Waals surface area contributed by atoms with Crippen LogP contribution in [0.25, 0.3) is 16.0 Å². The molecule has 0 aliphatic carbocycles. The molecule has 0 saturated carbocycles. The molecule has 1 aromatic carbocycles. The van der Waals surface area contributed by atoms with E-state index in [-0.39, 0.29) is 11.7 Å². The van der Waals surface area contributed by atoms with E-state index in [1.54, 1.807) is 18.2 Å². The van der Waals surface area contributed by atoms with Crippen molar-refractivity contribution in [2.24, 2.45) is 0 Å². The Morgan fingerprint density at radius 3 is 2.57 bits per heavy atom. The lowest BCUT2D eigenvalue weighted by atomic mass is 10.00. The third kappa shape index (κ3) is 2.29. The SMILES string of the molecule is CC(C)=C1C(=O)NC(=O)c2cc(-c3cccc(F)c3)sc21. The Bertz CT molecular complexity index is 800. The largest absolute Gasteiger partial charge is 0.288 e. The molecule has 2 aromatic rings. The maximum atomic E-state index is 13.3. The van der Waals surface area contributed by atoms with Crippen molar-refractivity contribution in [2.45, 2.75) is 13.8 Å². The van der Waals surface area contributed by atoms with Gasteiger partial charge in [-0.25, -0.2) is 4.39 Å². The minimum atomic E-state index is -0.404. The number of allylic oxidation sites excluding steroid dienone is 1. The Labute approximate surface area is 125 Å². The van der Waals surface area contributed by atoms with Gasteiger partial charge in [0.15, 0.2) is 0 Å². The first-order valence-electron chi connectivity index (χ1n) is 6.40. The molecule has 0 fully saturated rings. The summed E-state index contributed by atoms with van der Waals surface area (Å²) in [5.41, 5.74) is 2.53. The zero-order chi connectivity index (χ0) is 15.1. The van der Waals surface area contributed by atoms with Crippen molar-refractivity contribution >= 4 is 28.7 Å². The van der Waals surface area contributed by atoms with E-state index >= 15 is 0 Å². The van der Waals surface area contributed by atoms with E-state index in [1.165, 1.54) is 23.5 Å². The van der Waals surface area contributed by atoms with Crippen molar-refractivity contribution in [3.8, 4) is 10.4 Å². The molecule has 3 rings (SSSR count). The number of benzene rings is 1. The summed E-state index contributed by atoms with van der Waals surface area (Å²) in [5.74, 6) is -1.11. The third-order valence-electron chi connectivity index (χ3n) is 3.27. The fourth-order valence-corrected chi connectivity index (χ4v) is 3.62. The second kappa shape index (κ2) is 4.93. The van der Waals surface area contributed by atoms with Crippen LogP contribution in [0.15, 0.2) is 35.9 Å². The van der Waals surface area contributed by atoms with E-state index in [9.17, 15) is 14.0 Å². The number of nitrogens with one attached hydrogen (secondary N) is 1. The molecule has 0 atom stereocenters. The number of hydrogen-bond donors (Lipinski definition) is 1. The topological polar surface area (TPSA) is 46.2 Å². The Morgan fingerprint density at radius 2 is 1.90 bits per heavy atom. The van der Waals surface area contributed by atoms with Gasteiger partial charge in [-0.2, -0.15) is 0 Å². The van der Waals surface area contributed by atoms with Crippen LogP contribution in [0.2, 0.25) is 0 Å². The van der Waals surface area contributed by atoms with Gasteiger partial charge in [0.1, 0.15) is 5.82 Å². The Hall–Kier alpha value is -2.27. The second-order valence-corrected chi connectivity index (χ2v) is 6.07. The van der Waals surface area contributed by atoms with Crippen molar-refractivity contribution in [2.75, 3.05) is 0 Å². The monoisotopic (exact) mass is 301 g/mol. The fraction of sp³-hybridized carbons (Fsp3) is 0.125. The number of halogens is 1. The summed E-state index contributed by atoms with van der Waals surface area (Å²) in [4.78, 5) is 25.3. The first-order valence-corrected chi connectivity index (χ1v) is 7.22. The smallest absolute Gasteiger partial charge is 0.259 e. The van der Waals surface area contributed by atoms with E-state index < -0.39 is 5.91 Å². The van der Waals surface area contributed by atoms with Crippen molar-refractivity contribution < 1.29 is 14.0 Å². The summed E-state index contributed by atoms with van der Waals surface area (Å²) in [6.45, 7) is 3.66. The predicted octanol–water partition coefficient (Wildman–Crippen LogP) is 3.62. The first kappa shape index (κ1) is 13.7. The second-order valence-electron chi connectivity index (χ2n) is 5.02. The minimum Gasteiger partial charge on any atom is -0.288 e. The number of rotatable bonds is 1. The van der Waals surface area contributed by atoms with Crippen molar-refractivity contribution in [1.82, 2.24) is 5.32 Å². The molecular weight excluding hydrogens is 289 g/mol.